The molecule has 0 aliphatic rings. The standard InChI is InChI=1S/C22H32O4/c1-2-3-4-5-6-7-10-21(24)19-15-12-18(13-16-19)14-17-20(23)9-8-11-22(25)26/h12-13,15-16,20-21,23-24H,2-11H2,1H3,(H,25,26). The van der Waals surface area contributed by atoms with Gasteiger partial charge in [0.2, 0.25) is 0 Å². The summed E-state index contributed by atoms with van der Waals surface area (Å²) in [5.74, 6) is 4.76. The second-order valence-electron chi connectivity index (χ2n) is 6.77. The number of aliphatic hydroxyl groups excluding tert-OH is 2. The van der Waals surface area contributed by atoms with Crippen molar-refractivity contribution in [3.05, 3.63) is 35.4 Å². The third kappa shape index (κ3) is 10.2. The number of aliphatic carboxylic acids is 1. The number of hydrogen-bond acceptors (Lipinski definition) is 3. The van der Waals surface area contributed by atoms with Crippen LogP contribution in [0.5, 0.6) is 0 Å². The van der Waals surface area contributed by atoms with Crippen LogP contribution in [0.3, 0.4) is 0 Å². The molecule has 2 atom stereocenters. The molecule has 3 N–H and O–H groups in total. The van der Waals surface area contributed by atoms with Crippen molar-refractivity contribution in [1.29, 1.82) is 0 Å². The Balaban J connectivity index is 2.36. The maximum atomic E-state index is 10.4. The zero-order valence-corrected chi connectivity index (χ0v) is 15.8. The Morgan fingerprint density at radius 2 is 1.62 bits per heavy atom. The lowest BCUT2D eigenvalue weighted by atomic mass is 10.0. The minimum Gasteiger partial charge on any atom is -0.481 e. The molecule has 0 amide bonds. The normalized spacial score (nSPS) is 12.9. The molecule has 0 aromatic heterocycles. The molecule has 0 heterocycles. The van der Waals surface area contributed by atoms with Gasteiger partial charge in [-0.05, 0) is 37.0 Å². The number of aliphatic hydroxyl groups is 2. The number of unbranched alkanes of at least 4 members (excludes halogenated alkanes) is 5. The third-order valence-electron chi connectivity index (χ3n) is 4.38. The van der Waals surface area contributed by atoms with Crippen LogP contribution in [0.25, 0.3) is 0 Å². The van der Waals surface area contributed by atoms with Crippen molar-refractivity contribution in [2.45, 2.75) is 83.3 Å². The molecule has 0 fully saturated rings. The first-order valence-corrected chi connectivity index (χ1v) is 9.72. The van der Waals surface area contributed by atoms with Crippen LogP contribution in [-0.2, 0) is 4.79 Å². The van der Waals surface area contributed by atoms with E-state index in [1.54, 1.807) is 0 Å². The highest BCUT2D eigenvalue weighted by Crippen LogP contribution is 2.20. The van der Waals surface area contributed by atoms with Crippen LogP contribution in [0.4, 0.5) is 0 Å². The van der Waals surface area contributed by atoms with Gasteiger partial charge in [-0.1, -0.05) is 69.4 Å². The van der Waals surface area contributed by atoms with Crippen LogP contribution in [0.15, 0.2) is 24.3 Å². The van der Waals surface area contributed by atoms with Crippen LogP contribution in [-0.4, -0.2) is 27.4 Å². The van der Waals surface area contributed by atoms with Gasteiger partial charge < -0.3 is 15.3 Å². The van der Waals surface area contributed by atoms with Crippen molar-refractivity contribution in [3.63, 3.8) is 0 Å². The van der Waals surface area contributed by atoms with Gasteiger partial charge >= 0.3 is 5.97 Å². The zero-order chi connectivity index (χ0) is 19.2. The Bertz CT molecular complexity index is 568. The molecule has 1 aromatic rings. The van der Waals surface area contributed by atoms with Gasteiger partial charge in [0, 0.05) is 12.0 Å². The Hall–Kier alpha value is -1.83. The van der Waals surface area contributed by atoms with E-state index in [1.807, 2.05) is 24.3 Å². The molecule has 0 saturated carbocycles. The summed E-state index contributed by atoms with van der Waals surface area (Å²) in [6.07, 6.45) is 7.60. The van der Waals surface area contributed by atoms with Gasteiger partial charge in [-0.15, -0.1) is 0 Å². The molecule has 26 heavy (non-hydrogen) atoms. The van der Waals surface area contributed by atoms with Crippen molar-refractivity contribution in [3.8, 4) is 11.8 Å². The zero-order valence-electron chi connectivity index (χ0n) is 15.8. The first-order chi connectivity index (χ1) is 12.5. The van der Waals surface area contributed by atoms with Crippen LogP contribution in [0.2, 0.25) is 0 Å². The molecular formula is C22H32O4. The molecule has 0 radical (unpaired) electrons. The highest BCUT2D eigenvalue weighted by atomic mass is 16.4. The fourth-order valence-electron chi connectivity index (χ4n) is 2.76. The summed E-state index contributed by atoms with van der Waals surface area (Å²) in [5, 5.41) is 28.6. The number of carbonyl (C=O) groups is 1. The maximum Gasteiger partial charge on any atom is 0.303 e. The van der Waals surface area contributed by atoms with Crippen molar-refractivity contribution in [1.82, 2.24) is 0 Å². The monoisotopic (exact) mass is 360 g/mol. The number of benzene rings is 1. The van der Waals surface area contributed by atoms with Gasteiger partial charge in [-0.2, -0.15) is 0 Å². The average Bonchev–Trinajstić information content (AvgIpc) is 2.63. The first kappa shape index (κ1) is 22.2. The Kier molecular flexibility index (Phi) is 11.4. The van der Waals surface area contributed by atoms with Crippen LogP contribution >= 0.6 is 0 Å². The lowest BCUT2D eigenvalue weighted by Crippen LogP contribution is -2.04. The van der Waals surface area contributed by atoms with E-state index in [9.17, 15) is 15.0 Å². The molecule has 1 rings (SSSR count). The predicted octanol–water partition coefficient (Wildman–Crippen LogP) is 4.44. The van der Waals surface area contributed by atoms with Crippen LogP contribution < -0.4 is 0 Å². The van der Waals surface area contributed by atoms with E-state index in [0.717, 1.165) is 24.0 Å². The molecule has 1 aromatic carbocycles. The van der Waals surface area contributed by atoms with E-state index in [4.69, 9.17) is 5.11 Å². The molecule has 0 saturated heterocycles. The maximum absolute atomic E-state index is 10.4. The quantitative estimate of drug-likeness (QED) is 0.380. The van der Waals surface area contributed by atoms with E-state index in [0.29, 0.717) is 12.8 Å². The summed E-state index contributed by atoms with van der Waals surface area (Å²) in [5.41, 5.74) is 1.67. The molecule has 0 bridgehead atoms. The summed E-state index contributed by atoms with van der Waals surface area (Å²) in [7, 11) is 0. The Labute approximate surface area is 157 Å². The molecule has 4 nitrogen and oxygen atoms in total. The summed E-state index contributed by atoms with van der Waals surface area (Å²) in [6.45, 7) is 2.21. The van der Waals surface area contributed by atoms with E-state index in [-0.39, 0.29) is 6.42 Å². The highest BCUT2D eigenvalue weighted by molar-refractivity contribution is 5.66. The van der Waals surface area contributed by atoms with Crippen molar-refractivity contribution >= 4 is 5.97 Å². The largest absolute Gasteiger partial charge is 0.481 e. The van der Waals surface area contributed by atoms with Crippen LogP contribution in [0.1, 0.15) is 88.4 Å². The number of carboxylic acid groups (broad SMARTS) is 1. The molecule has 2 unspecified atom stereocenters. The van der Waals surface area contributed by atoms with Crippen molar-refractivity contribution < 1.29 is 20.1 Å². The van der Waals surface area contributed by atoms with Gasteiger partial charge in [0.1, 0.15) is 6.10 Å². The summed E-state index contributed by atoms with van der Waals surface area (Å²) < 4.78 is 0. The lowest BCUT2D eigenvalue weighted by molar-refractivity contribution is -0.137. The van der Waals surface area contributed by atoms with E-state index in [2.05, 4.69) is 18.8 Å². The fraction of sp³-hybridized carbons (Fsp3) is 0.591. The topological polar surface area (TPSA) is 77.8 Å². The average molecular weight is 360 g/mol. The minimum absolute atomic E-state index is 0.0456. The molecular weight excluding hydrogens is 328 g/mol. The molecule has 4 heteroatoms. The molecule has 0 aliphatic heterocycles. The summed E-state index contributed by atoms with van der Waals surface area (Å²) in [6, 6.07) is 7.44. The van der Waals surface area contributed by atoms with Gasteiger partial charge in [-0.25, -0.2) is 0 Å². The van der Waals surface area contributed by atoms with E-state index < -0.39 is 18.2 Å². The third-order valence-corrected chi connectivity index (χ3v) is 4.38. The molecule has 0 spiro atoms. The van der Waals surface area contributed by atoms with Gasteiger partial charge in [-0.3, -0.25) is 4.79 Å². The highest BCUT2D eigenvalue weighted by Gasteiger charge is 2.07. The summed E-state index contributed by atoms with van der Waals surface area (Å²) >= 11 is 0. The second-order valence-corrected chi connectivity index (χ2v) is 6.77. The first-order valence-electron chi connectivity index (χ1n) is 9.72. The molecule has 144 valence electrons. The van der Waals surface area contributed by atoms with E-state index >= 15 is 0 Å². The van der Waals surface area contributed by atoms with Crippen molar-refractivity contribution in [2.24, 2.45) is 0 Å². The Morgan fingerprint density at radius 1 is 0.962 bits per heavy atom. The lowest BCUT2D eigenvalue weighted by Gasteiger charge is -2.11. The summed E-state index contributed by atoms with van der Waals surface area (Å²) in [4.78, 5) is 10.4. The number of rotatable bonds is 12. The van der Waals surface area contributed by atoms with E-state index in [1.165, 1.54) is 32.1 Å². The predicted molar refractivity (Wildman–Crippen MR) is 104 cm³/mol. The second kappa shape index (κ2) is 13.4. The van der Waals surface area contributed by atoms with Crippen LogP contribution in [0, 0.1) is 11.8 Å². The molecule has 0 aliphatic carbocycles. The Morgan fingerprint density at radius 3 is 2.27 bits per heavy atom. The van der Waals surface area contributed by atoms with Gasteiger partial charge in [0.15, 0.2) is 0 Å². The smallest absolute Gasteiger partial charge is 0.303 e. The van der Waals surface area contributed by atoms with Gasteiger partial charge in [0.05, 0.1) is 6.10 Å². The number of carboxylic acids is 1. The fourth-order valence-corrected chi connectivity index (χ4v) is 2.76. The number of hydrogen-bond donors (Lipinski definition) is 3. The minimum atomic E-state index is -0.861. The van der Waals surface area contributed by atoms with Gasteiger partial charge in [0.25, 0.3) is 0 Å². The SMILES string of the molecule is CCCCCCCCC(O)c1ccc(C#CC(O)CCCC(=O)O)cc1. The van der Waals surface area contributed by atoms with Crippen molar-refractivity contribution in [2.75, 3.05) is 0 Å².